The van der Waals surface area contributed by atoms with E-state index in [-0.39, 0.29) is 0 Å². The quantitative estimate of drug-likeness (QED) is 0.755. The molecule has 0 aromatic heterocycles. The number of amides is 1. The number of rotatable bonds is 3. The Balaban J connectivity index is 0.000000281. The summed E-state index contributed by atoms with van der Waals surface area (Å²) >= 11 is 0. The predicted octanol–water partition coefficient (Wildman–Crippen LogP) is 1.44. The molecule has 0 heterocycles. The fourth-order valence-electron chi connectivity index (χ4n) is 0.743. The van der Waals surface area contributed by atoms with Crippen molar-refractivity contribution >= 4 is 18.0 Å². The van der Waals surface area contributed by atoms with Crippen LogP contribution in [-0.2, 0) is 9.59 Å². The van der Waals surface area contributed by atoms with Crippen molar-refractivity contribution in [3.63, 3.8) is 0 Å². The van der Waals surface area contributed by atoms with E-state index in [4.69, 9.17) is 5.11 Å². The number of aliphatic carboxylic acids is 1. The van der Waals surface area contributed by atoms with Gasteiger partial charge in [0.05, 0.1) is 0 Å². The van der Waals surface area contributed by atoms with Crippen molar-refractivity contribution in [2.75, 3.05) is 0 Å². The fourth-order valence-corrected chi connectivity index (χ4v) is 0.743. The number of carbonyl (C=O) groups excluding carboxylic acids is 1. The van der Waals surface area contributed by atoms with Crippen molar-refractivity contribution in [3.05, 3.63) is 54.6 Å². The monoisotopic (exact) mass is 219 g/mol. The van der Waals surface area contributed by atoms with Crippen LogP contribution in [0.15, 0.2) is 49.1 Å². The van der Waals surface area contributed by atoms with Gasteiger partial charge in [-0.25, -0.2) is 4.79 Å². The first-order valence-corrected chi connectivity index (χ1v) is 4.44. The summed E-state index contributed by atoms with van der Waals surface area (Å²) < 4.78 is 0. The van der Waals surface area contributed by atoms with E-state index >= 15 is 0 Å². The predicted molar refractivity (Wildman–Crippen MR) is 62.5 cm³/mol. The lowest BCUT2D eigenvalue weighted by atomic mass is 10.2. The van der Waals surface area contributed by atoms with E-state index < -0.39 is 11.9 Å². The topological polar surface area (TPSA) is 80.4 Å². The summed E-state index contributed by atoms with van der Waals surface area (Å²) in [5.74, 6) is -1.93. The zero-order valence-corrected chi connectivity index (χ0v) is 8.67. The molecule has 0 unspecified atom stereocenters. The Kier molecular flexibility index (Phi) is 6.81. The summed E-state index contributed by atoms with van der Waals surface area (Å²) in [5, 5.41) is 7.87. The summed E-state index contributed by atoms with van der Waals surface area (Å²) in [5.41, 5.74) is 5.73. The molecule has 1 amide bonds. The van der Waals surface area contributed by atoms with Gasteiger partial charge in [0, 0.05) is 12.2 Å². The maximum atomic E-state index is 9.78. The zero-order valence-electron chi connectivity index (χ0n) is 8.67. The van der Waals surface area contributed by atoms with Gasteiger partial charge in [-0.1, -0.05) is 43.0 Å². The molecule has 0 spiro atoms. The first-order valence-electron chi connectivity index (χ1n) is 4.44. The molecule has 84 valence electrons. The van der Waals surface area contributed by atoms with Crippen LogP contribution < -0.4 is 5.73 Å². The second-order valence-corrected chi connectivity index (χ2v) is 2.69. The molecule has 4 heteroatoms. The third-order valence-corrected chi connectivity index (χ3v) is 1.43. The van der Waals surface area contributed by atoms with Crippen LogP contribution in [0.3, 0.4) is 0 Å². The van der Waals surface area contributed by atoms with Crippen molar-refractivity contribution < 1.29 is 14.7 Å². The van der Waals surface area contributed by atoms with E-state index in [1.54, 1.807) is 0 Å². The molecule has 0 saturated carbocycles. The van der Waals surface area contributed by atoms with Crippen molar-refractivity contribution in [3.8, 4) is 0 Å². The number of nitrogens with two attached hydrogens (primary N) is 1. The van der Waals surface area contributed by atoms with Gasteiger partial charge in [-0.15, -0.1) is 0 Å². The molecular formula is C12H13NO3. The molecule has 16 heavy (non-hydrogen) atoms. The number of hydrogen-bond acceptors (Lipinski definition) is 2. The Morgan fingerprint density at radius 3 is 2.00 bits per heavy atom. The molecule has 0 aliphatic carbocycles. The van der Waals surface area contributed by atoms with Gasteiger partial charge >= 0.3 is 5.97 Å². The second kappa shape index (κ2) is 7.99. The SMILES string of the molecule is C=Cc1ccccc1.NC(=O)/C=C/C(=O)O. The number of primary amides is 1. The van der Waals surface area contributed by atoms with Gasteiger partial charge in [0.2, 0.25) is 5.91 Å². The Bertz CT molecular complexity index is 367. The highest BCUT2D eigenvalue weighted by molar-refractivity contribution is 5.92. The molecule has 3 N–H and O–H groups in total. The Labute approximate surface area is 93.7 Å². The normalized spacial score (nSPS) is 9.00. The molecule has 0 bridgehead atoms. The molecule has 1 aromatic rings. The van der Waals surface area contributed by atoms with Crippen LogP contribution >= 0.6 is 0 Å². The van der Waals surface area contributed by atoms with E-state index in [1.807, 2.05) is 36.4 Å². The molecule has 0 radical (unpaired) electrons. The maximum Gasteiger partial charge on any atom is 0.328 e. The van der Waals surface area contributed by atoms with E-state index in [0.29, 0.717) is 6.08 Å². The number of benzene rings is 1. The molecule has 1 aromatic carbocycles. The number of hydrogen-bond donors (Lipinski definition) is 2. The third-order valence-electron chi connectivity index (χ3n) is 1.43. The van der Waals surface area contributed by atoms with Crippen LogP contribution in [0.5, 0.6) is 0 Å². The van der Waals surface area contributed by atoms with E-state index in [1.165, 1.54) is 5.56 Å². The van der Waals surface area contributed by atoms with Crippen LogP contribution in [0.2, 0.25) is 0 Å². The van der Waals surface area contributed by atoms with Crippen LogP contribution in [0.1, 0.15) is 5.56 Å². The molecule has 4 nitrogen and oxygen atoms in total. The molecule has 0 saturated heterocycles. The van der Waals surface area contributed by atoms with E-state index in [0.717, 1.165) is 6.08 Å². The van der Waals surface area contributed by atoms with Crippen molar-refractivity contribution in [2.45, 2.75) is 0 Å². The summed E-state index contributed by atoms with van der Waals surface area (Å²) in [4.78, 5) is 19.4. The highest BCUT2D eigenvalue weighted by atomic mass is 16.4. The average molecular weight is 219 g/mol. The van der Waals surface area contributed by atoms with Gasteiger partial charge in [0.15, 0.2) is 0 Å². The number of carboxylic acid groups (broad SMARTS) is 1. The third kappa shape index (κ3) is 8.25. The standard InChI is InChI=1S/C8H8.C4H5NO3/c1-2-8-6-4-3-5-7-8;5-3(6)1-2-4(7)8/h2-7H,1H2;1-2H,(H2,5,6)(H,7,8)/b;2-1+. The maximum absolute atomic E-state index is 9.78. The van der Waals surface area contributed by atoms with Crippen LogP contribution in [0, 0.1) is 0 Å². The Hall–Kier alpha value is -2.36. The summed E-state index contributed by atoms with van der Waals surface area (Å²) in [6, 6.07) is 10.0. The number of carboxylic acids is 1. The van der Waals surface area contributed by atoms with Crippen molar-refractivity contribution in [2.24, 2.45) is 5.73 Å². The molecule has 0 aliphatic rings. The van der Waals surface area contributed by atoms with Gasteiger partial charge in [-0.3, -0.25) is 4.79 Å². The lowest BCUT2D eigenvalue weighted by Gasteiger charge is -1.85. The minimum Gasteiger partial charge on any atom is -0.478 e. The van der Waals surface area contributed by atoms with E-state index in [9.17, 15) is 9.59 Å². The summed E-state index contributed by atoms with van der Waals surface area (Å²) in [6.45, 7) is 3.63. The van der Waals surface area contributed by atoms with E-state index in [2.05, 4.69) is 12.3 Å². The summed E-state index contributed by atoms with van der Waals surface area (Å²) in [6.07, 6.45) is 3.30. The Morgan fingerprint density at radius 2 is 1.75 bits per heavy atom. The van der Waals surface area contributed by atoms with Crippen molar-refractivity contribution in [1.29, 1.82) is 0 Å². The minimum absolute atomic E-state index is 0.683. The van der Waals surface area contributed by atoms with Gasteiger partial charge in [0.25, 0.3) is 0 Å². The highest BCUT2D eigenvalue weighted by Crippen LogP contribution is 1.97. The lowest BCUT2D eigenvalue weighted by Crippen LogP contribution is -2.06. The van der Waals surface area contributed by atoms with Gasteiger partial charge < -0.3 is 10.8 Å². The largest absolute Gasteiger partial charge is 0.478 e. The first kappa shape index (κ1) is 13.6. The molecular weight excluding hydrogens is 206 g/mol. The first-order chi connectivity index (χ1) is 7.56. The average Bonchev–Trinajstić information content (AvgIpc) is 2.28. The van der Waals surface area contributed by atoms with Crippen molar-refractivity contribution in [1.82, 2.24) is 0 Å². The second-order valence-electron chi connectivity index (χ2n) is 2.69. The van der Waals surface area contributed by atoms with Gasteiger partial charge in [-0.2, -0.15) is 0 Å². The molecule has 0 aliphatic heterocycles. The molecule has 1 rings (SSSR count). The summed E-state index contributed by atoms with van der Waals surface area (Å²) in [7, 11) is 0. The highest BCUT2D eigenvalue weighted by Gasteiger charge is 1.86. The Morgan fingerprint density at radius 1 is 1.19 bits per heavy atom. The van der Waals surface area contributed by atoms with Crippen LogP contribution in [0.4, 0.5) is 0 Å². The van der Waals surface area contributed by atoms with Gasteiger partial charge in [-0.05, 0) is 5.56 Å². The lowest BCUT2D eigenvalue weighted by molar-refractivity contribution is -0.131. The zero-order chi connectivity index (χ0) is 12.4. The number of carbonyl (C=O) groups is 2. The molecule has 0 fully saturated rings. The molecule has 0 atom stereocenters. The minimum atomic E-state index is -1.18. The smallest absolute Gasteiger partial charge is 0.328 e. The van der Waals surface area contributed by atoms with Gasteiger partial charge in [0.1, 0.15) is 0 Å². The fraction of sp³-hybridized carbons (Fsp3) is 0. The van der Waals surface area contributed by atoms with Crippen LogP contribution in [0.25, 0.3) is 6.08 Å². The van der Waals surface area contributed by atoms with Crippen LogP contribution in [-0.4, -0.2) is 17.0 Å².